The van der Waals surface area contributed by atoms with Gasteiger partial charge in [-0.05, 0) is 44.1 Å². The summed E-state index contributed by atoms with van der Waals surface area (Å²) in [7, 11) is 1.63. The molecule has 0 saturated carbocycles. The van der Waals surface area contributed by atoms with Crippen molar-refractivity contribution in [1.29, 1.82) is 0 Å². The van der Waals surface area contributed by atoms with E-state index in [1.807, 2.05) is 12.1 Å². The second kappa shape index (κ2) is 9.87. The Labute approximate surface area is 171 Å². The van der Waals surface area contributed by atoms with E-state index in [1.165, 1.54) is 23.1 Å². The first-order chi connectivity index (χ1) is 12.1. The molecule has 26 heavy (non-hydrogen) atoms. The molecule has 0 aliphatic carbocycles. The molecule has 0 bridgehead atoms. The molecule has 6 nitrogen and oxygen atoms in total. The predicted molar refractivity (Wildman–Crippen MR) is 108 cm³/mol. The van der Waals surface area contributed by atoms with Crippen molar-refractivity contribution >= 4 is 58.7 Å². The summed E-state index contributed by atoms with van der Waals surface area (Å²) in [6.45, 7) is 2.04. The SMILES string of the molecule is COCC1(C(=O)Nc2ccc(Sc3nncs3)c(Cl)c2)CCNCC1.Cl. The highest BCUT2D eigenvalue weighted by Crippen LogP contribution is 2.36. The van der Waals surface area contributed by atoms with E-state index in [2.05, 4.69) is 20.8 Å². The van der Waals surface area contributed by atoms with E-state index in [9.17, 15) is 4.79 Å². The third-order valence-corrected chi connectivity index (χ3v) is 6.47. The van der Waals surface area contributed by atoms with Crippen molar-refractivity contribution in [2.75, 3.05) is 32.1 Å². The molecule has 142 valence electrons. The van der Waals surface area contributed by atoms with Crippen LogP contribution in [0.1, 0.15) is 12.8 Å². The molecule has 10 heteroatoms. The van der Waals surface area contributed by atoms with Crippen LogP contribution in [0.25, 0.3) is 0 Å². The van der Waals surface area contributed by atoms with Gasteiger partial charge in [0.1, 0.15) is 5.51 Å². The number of hydrogen-bond acceptors (Lipinski definition) is 7. The van der Waals surface area contributed by atoms with Crippen LogP contribution < -0.4 is 10.6 Å². The standard InChI is InChI=1S/C16H19ClN4O2S2.ClH/c1-23-9-16(4-6-18-7-5-16)14(22)20-11-2-3-13(12(17)8-11)25-15-21-19-10-24-15;/h2-3,8,10,18H,4-7,9H2,1H3,(H,20,22);1H. The number of anilines is 1. The van der Waals surface area contributed by atoms with Gasteiger partial charge in [0, 0.05) is 17.7 Å². The zero-order valence-electron chi connectivity index (χ0n) is 14.2. The summed E-state index contributed by atoms with van der Waals surface area (Å²) < 4.78 is 6.14. The fraction of sp³-hybridized carbons (Fsp3) is 0.438. The van der Waals surface area contributed by atoms with Crippen molar-refractivity contribution in [1.82, 2.24) is 15.5 Å². The van der Waals surface area contributed by atoms with Crippen molar-refractivity contribution in [3.8, 4) is 0 Å². The van der Waals surface area contributed by atoms with Crippen LogP contribution in [0.3, 0.4) is 0 Å². The lowest BCUT2D eigenvalue weighted by atomic mass is 9.78. The fourth-order valence-electron chi connectivity index (χ4n) is 2.85. The highest BCUT2D eigenvalue weighted by atomic mass is 35.5. The molecular formula is C16H20Cl2N4O2S2. The third-order valence-electron chi connectivity index (χ3n) is 4.19. The van der Waals surface area contributed by atoms with Crippen LogP contribution in [-0.4, -0.2) is 42.9 Å². The molecule has 0 unspecified atom stereocenters. The summed E-state index contributed by atoms with van der Waals surface area (Å²) in [4.78, 5) is 13.7. The van der Waals surface area contributed by atoms with Crippen molar-refractivity contribution in [2.24, 2.45) is 5.41 Å². The molecule has 0 spiro atoms. The predicted octanol–water partition coefficient (Wildman–Crippen LogP) is 3.72. The van der Waals surface area contributed by atoms with Gasteiger partial charge in [-0.3, -0.25) is 4.79 Å². The van der Waals surface area contributed by atoms with Gasteiger partial charge in [-0.2, -0.15) is 0 Å². The summed E-state index contributed by atoms with van der Waals surface area (Å²) in [5, 5.41) is 14.7. The summed E-state index contributed by atoms with van der Waals surface area (Å²) in [5.74, 6) is -0.0172. The Morgan fingerprint density at radius 1 is 1.46 bits per heavy atom. The lowest BCUT2D eigenvalue weighted by molar-refractivity contribution is -0.130. The normalized spacial score (nSPS) is 15.9. The van der Waals surface area contributed by atoms with Crippen LogP contribution in [0.5, 0.6) is 0 Å². The average molecular weight is 435 g/mol. The van der Waals surface area contributed by atoms with Crippen molar-refractivity contribution in [3.63, 3.8) is 0 Å². The highest BCUT2D eigenvalue weighted by Gasteiger charge is 2.39. The van der Waals surface area contributed by atoms with Gasteiger partial charge >= 0.3 is 0 Å². The molecule has 2 aromatic rings. The number of hydrogen-bond donors (Lipinski definition) is 2. The Hall–Kier alpha value is -0.900. The van der Waals surface area contributed by atoms with Crippen LogP contribution in [0.4, 0.5) is 5.69 Å². The topological polar surface area (TPSA) is 76.1 Å². The number of nitrogens with one attached hydrogen (secondary N) is 2. The number of methoxy groups -OCH3 is 1. The number of benzene rings is 1. The number of carbonyl (C=O) groups excluding carboxylic acids is 1. The van der Waals surface area contributed by atoms with Crippen LogP contribution in [0.2, 0.25) is 5.02 Å². The van der Waals surface area contributed by atoms with Crippen LogP contribution in [0.15, 0.2) is 32.9 Å². The van der Waals surface area contributed by atoms with Gasteiger partial charge < -0.3 is 15.4 Å². The zero-order chi connectivity index (χ0) is 17.7. The Kier molecular flexibility index (Phi) is 8.12. The number of halogens is 2. The quantitative estimate of drug-likeness (QED) is 0.721. The molecule has 1 aromatic carbocycles. The Bertz CT molecular complexity index is 720. The van der Waals surface area contributed by atoms with E-state index in [0.717, 1.165) is 35.2 Å². The maximum atomic E-state index is 12.8. The molecule has 0 atom stereocenters. The van der Waals surface area contributed by atoms with Gasteiger partial charge in [0.05, 0.1) is 17.0 Å². The molecule has 1 aliphatic heterocycles. The van der Waals surface area contributed by atoms with Crippen LogP contribution >= 0.6 is 47.1 Å². The van der Waals surface area contributed by atoms with Gasteiger partial charge in [-0.25, -0.2) is 0 Å². The van der Waals surface area contributed by atoms with E-state index in [0.29, 0.717) is 17.3 Å². The average Bonchev–Trinajstić information content (AvgIpc) is 3.11. The molecule has 1 aromatic heterocycles. The summed E-state index contributed by atoms with van der Waals surface area (Å²) in [5.41, 5.74) is 1.87. The summed E-state index contributed by atoms with van der Waals surface area (Å²) >= 11 is 9.27. The Morgan fingerprint density at radius 3 is 2.85 bits per heavy atom. The molecule has 1 aliphatic rings. The first-order valence-corrected chi connectivity index (χ1v) is 9.95. The van der Waals surface area contributed by atoms with Crippen molar-refractivity contribution in [2.45, 2.75) is 22.1 Å². The smallest absolute Gasteiger partial charge is 0.233 e. The molecule has 0 radical (unpaired) electrons. The van der Waals surface area contributed by atoms with Gasteiger partial charge in [0.15, 0.2) is 4.34 Å². The van der Waals surface area contributed by atoms with Crippen LogP contribution in [0, 0.1) is 5.41 Å². The maximum absolute atomic E-state index is 12.8. The van der Waals surface area contributed by atoms with Gasteiger partial charge in [0.25, 0.3) is 0 Å². The van der Waals surface area contributed by atoms with E-state index in [1.54, 1.807) is 18.7 Å². The number of aromatic nitrogens is 2. The largest absolute Gasteiger partial charge is 0.384 e. The maximum Gasteiger partial charge on any atom is 0.233 e. The lowest BCUT2D eigenvalue weighted by Crippen LogP contribution is -2.47. The van der Waals surface area contributed by atoms with Crippen LogP contribution in [-0.2, 0) is 9.53 Å². The minimum absolute atomic E-state index is 0. The molecule has 1 saturated heterocycles. The summed E-state index contributed by atoms with van der Waals surface area (Å²) in [6.07, 6.45) is 1.51. The first-order valence-electron chi connectivity index (χ1n) is 7.88. The monoisotopic (exact) mass is 434 g/mol. The Morgan fingerprint density at radius 2 is 2.23 bits per heavy atom. The molecule has 1 amide bonds. The van der Waals surface area contributed by atoms with E-state index in [4.69, 9.17) is 16.3 Å². The third kappa shape index (κ3) is 5.09. The number of nitrogens with zero attached hydrogens (tertiary/aromatic N) is 2. The van der Waals surface area contributed by atoms with E-state index >= 15 is 0 Å². The minimum Gasteiger partial charge on any atom is -0.384 e. The lowest BCUT2D eigenvalue weighted by Gasteiger charge is -2.35. The van der Waals surface area contributed by atoms with Crippen molar-refractivity contribution in [3.05, 3.63) is 28.7 Å². The molecule has 2 heterocycles. The van der Waals surface area contributed by atoms with Gasteiger partial charge in [-0.1, -0.05) is 34.7 Å². The number of carbonyl (C=O) groups is 1. The van der Waals surface area contributed by atoms with E-state index in [-0.39, 0.29) is 18.3 Å². The van der Waals surface area contributed by atoms with Crippen molar-refractivity contribution < 1.29 is 9.53 Å². The van der Waals surface area contributed by atoms with E-state index < -0.39 is 5.41 Å². The van der Waals surface area contributed by atoms with Gasteiger partial charge in [-0.15, -0.1) is 22.6 Å². The minimum atomic E-state index is -0.494. The molecule has 3 rings (SSSR count). The molecular weight excluding hydrogens is 415 g/mol. The molecule has 2 N–H and O–H groups in total. The first kappa shape index (κ1) is 21.4. The number of ether oxygens (including phenoxy) is 1. The molecule has 1 fully saturated rings. The zero-order valence-corrected chi connectivity index (χ0v) is 17.4. The number of rotatable bonds is 6. The highest BCUT2D eigenvalue weighted by molar-refractivity contribution is 8.01. The second-order valence-electron chi connectivity index (χ2n) is 5.87. The van der Waals surface area contributed by atoms with Gasteiger partial charge in [0.2, 0.25) is 5.91 Å². The number of piperidine rings is 1. The second-order valence-corrected chi connectivity index (χ2v) is 8.40. The fourth-order valence-corrected chi connectivity index (χ4v) is 4.58. The number of amides is 1. The Balaban J connectivity index is 0.00000243. The summed E-state index contributed by atoms with van der Waals surface area (Å²) in [6, 6.07) is 5.51.